The fourth-order valence-electron chi connectivity index (χ4n) is 14.9. The number of rotatable bonds is 73. The first-order valence-electron chi connectivity index (χ1n) is 40.0. The van der Waals surface area contributed by atoms with E-state index in [1.807, 2.05) is 0 Å². The summed E-state index contributed by atoms with van der Waals surface area (Å²) >= 11 is 0. The van der Waals surface area contributed by atoms with Crippen molar-refractivity contribution in [3.63, 3.8) is 0 Å². The Hall–Kier alpha value is -0.570. The third-order valence-corrected chi connectivity index (χ3v) is 21.2. The van der Waals surface area contributed by atoms with E-state index in [9.17, 15) is 15.0 Å². The highest BCUT2D eigenvalue weighted by atomic mass is 16.4. The second kappa shape index (κ2) is 63.0. The minimum Gasteiger partial charge on any atom is -0.481 e. The molecule has 2 N–H and O–H groups in total. The molecule has 4 unspecified atom stereocenters. The Labute approximate surface area is 523 Å². The molecule has 2 rings (SSSR count). The van der Waals surface area contributed by atoms with Crippen molar-refractivity contribution in [2.75, 3.05) is 0 Å². The van der Waals surface area contributed by atoms with Gasteiger partial charge < -0.3 is 10.2 Å². The molecule has 83 heavy (non-hydrogen) atoms. The number of carboxylic acid groups (broad SMARTS) is 1. The third-order valence-electron chi connectivity index (χ3n) is 21.2. The van der Waals surface area contributed by atoms with Gasteiger partial charge in [0.15, 0.2) is 0 Å². The maximum atomic E-state index is 12.0. The van der Waals surface area contributed by atoms with Crippen LogP contribution in [0.3, 0.4) is 0 Å². The second-order valence-electron chi connectivity index (χ2n) is 29.3. The van der Waals surface area contributed by atoms with Crippen LogP contribution in [0, 0.1) is 29.6 Å². The maximum absolute atomic E-state index is 12.0. The quantitative estimate of drug-likeness (QED) is 0.0597. The predicted molar refractivity (Wildman–Crippen MR) is 370 cm³/mol. The fourth-order valence-corrected chi connectivity index (χ4v) is 14.9. The minimum atomic E-state index is -0.795. The van der Waals surface area contributed by atoms with Gasteiger partial charge in [-0.1, -0.05) is 444 Å². The molecule has 494 valence electrons. The molecular formula is C80H156O3. The van der Waals surface area contributed by atoms with Gasteiger partial charge in [-0.25, -0.2) is 0 Å². The molecule has 2 aliphatic carbocycles. The molecule has 3 nitrogen and oxygen atoms in total. The van der Waals surface area contributed by atoms with Gasteiger partial charge in [-0.05, 0) is 49.4 Å². The first kappa shape index (κ1) is 78.5. The summed E-state index contributed by atoms with van der Waals surface area (Å²) in [6.45, 7) is 4.62. The van der Waals surface area contributed by atoms with Crippen molar-refractivity contribution in [3.05, 3.63) is 0 Å². The normalized spacial score (nSPS) is 17.4. The molecule has 0 saturated heterocycles. The fraction of sp³-hybridized carbons (Fsp3) is 0.988. The Balaban J connectivity index is 1.19. The van der Waals surface area contributed by atoms with Gasteiger partial charge in [0.05, 0.1) is 12.0 Å². The van der Waals surface area contributed by atoms with Crippen LogP contribution in [-0.2, 0) is 4.79 Å². The molecule has 2 fully saturated rings. The van der Waals surface area contributed by atoms with Crippen LogP contribution in [0.5, 0.6) is 0 Å². The Morgan fingerprint density at radius 3 is 0.590 bits per heavy atom. The van der Waals surface area contributed by atoms with Crippen molar-refractivity contribution >= 4 is 5.97 Å². The Morgan fingerprint density at radius 2 is 0.410 bits per heavy atom. The first-order valence-corrected chi connectivity index (χ1v) is 40.0. The summed E-state index contributed by atoms with van der Waals surface area (Å²) < 4.78 is 0. The molecule has 2 saturated carbocycles. The summed E-state index contributed by atoms with van der Waals surface area (Å²) in [6, 6.07) is 0. The number of aliphatic hydroxyl groups is 1. The molecule has 0 spiro atoms. The monoisotopic (exact) mass is 1170 g/mol. The molecule has 0 radical (unpaired) electrons. The van der Waals surface area contributed by atoms with E-state index in [-0.39, 0.29) is 0 Å². The van der Waals surface area contributed by atoms with Crippen molar-refractivity contribution in [1.29, 1.82) is 0 Å². The van der Waals surface area contributed by atoms with Crippen LogP contribution in [0.4, 0.5) is 0 Å². The lowest BCUT2D eigenvalue weighted by Gasteiger charge is -2.19. The highest BCUT2D eigenvalue weighted by molar-refractivity contribution is 5.70. The first-order chi connectivity index (χ1) is 41.1. The van der Waals surface area contributed by atoms with Crippen molar-refractivity contribution in [2.45, 2.75) is 476 Å². The average molecular weight is 1170 g/mol. The minimum absolute atomic E-state index is 0.581. The van der Waals surface area contributed by atoms with Crippen LogP contribution in [0.15, 0.2) is 0 Å². The standard InChI is InChI=1S/C80H156O3/c1-3-5-7-9-11-13-15-17-19-21-22-23-24-25-26-27-28-30-32-40-46-52-58-64-70-78(80(82)83)79(81)71-65-59-53-47-41-35-39-45-51-57-63-69-77-73-76(77)68-62-56-50-44-38-34-33-37-43-49-55-61-67-75-72-74(75)66-60-54-48-42-36-31-29-20-18-16-14-12-10-8-6-4-2/h74-79,81H,3-73H2,1-2H3,(H,82,83)/t74?,75?,76?,77?,78-,79-/m1/s1. The lowest BCUT2D eigenvalue weighted by atomic mass is 9.91. The van der Waals surface area contributed by atoms with E-state index in [0.29, 0.717) is 12.8 Å². The summed E-state index contributed by atoms with van der Waals surface area (Å²) in [5, 5.41) is 20.6. The highest BCUT2D eigenvalue weighted by Gasteiger charge is 2.36. The molecule has 0 aromatic rings. The Morgan fingerprint density at radius 1 is 0.253 bits per heavy atom. The van der Waals surface area contributed by atoms with Crippen LogP contribution in [0.25, 0.3) is 0 Å². The van der Waals surface area contributed by atoms with Gasteiger partial charge in [0, 0.05) is 0 Å². The molecule has 0 heterocycles. The summed E-state index contributed by atoms with van der Waals surface area (Å²) in [7, 11) is 0. The number of carbonyl (C=O) groups is 1. The largest absolute Gasteiger partial charge is 0.481 e. The second-order valence-corrected chi connectivity index (χ2v) is 29.3. The van der Waals surface area contributed by atoms with Crippen LogP contribution in [-0.4, -0.2) is 22.3 Å². The smallest absolute Gasteiger partial charge is 0.309 e. The highest BCUT2D eigenvalue weighted by Crippen LogP contribution is 2.47. The molecule has 6 atom stereocenters. The topological polar surface area (TPSA) is 57.5 Å². The number of hydrogen-bond acceptors (Lipinski definition) is 2. The van der Waals surface area contributed by atoms with Crippen molar-refractivity contribution in [2.24, 2.45) is 29.6 Å². The van der Waals surface area contributed by atoms with Gasteiger partial charge in [-0.15, -0.1) is 0 Å². The lowest BCUT2D eigenvalue weighted by Crippen LogP contribution is -2.28. The van der Waals surface area contributed by atoms with Crippen molar-refractivity contribution in [1.82, 2.24) is 0 Å². The maximum Gasteiger partial charge on any atom is 0.309 e. The van der Waals surface area contributed by atoms with Crippen LogP contribution in [0.1, 0.15) is 470 Å². The zero-order valence-electron chi connectivity index (χ0n) is 57.5. The number of unbranched alkanes of at least 4 members (excludes halogenated alkanes) is 59. The molecule has 0 amide bonds. The number of aliphatic hydroxyl groups excluding tert-OH is 1. The van der Waals surface area contributed by atoms with Gasteiger partial charge in [0.1, 0.15) is 0 Å². The van der Waals surface area contributed by atoms with E-state index in [1.54, 1.807) is 25.7 Å². The van der Waals surface area contributed by atoms with Crippen LogP contribution < -0.4 is 0 Å². The van der Waals surface area contributed by atoms with Crippen molar-refractivity contribution in [3.8, 4) is 0 Å². The zero-order valence-corrected chi connectivity index (χ0v) is 57.5. The van der Waals surface area contributed by atoms with Crippen LogP contribution >= 0.6 is 0 Å². The van der Waals surface area contributed by atoms with E-state index in [0.717, 1.165) is 49.4 Å². The van der Waals surface area contributed by atoms with Crippen LogP contribution in [0.2, 0.25) is 0 Å². The summed E-state index contributed by atoms with van der Waals surface area (Å²) in [4.78, 5) is 12.0. The zero-order chi connectivity index (χ0) is 59.2. The van der Waals surface area contributed by atoms with E-state index in [4.69, 9.17) is 0 Å². The predicted octanol–water partition coefficient (Wildman–Crippen LogP) is 28.3. The van der Waals surface area contributed by atoms with Gasteiger partial charge in [-0.2, -0.15) is 0 Å². The molecule has 3 heteroatoms. The molecule has 2 aliphatic rings. The Kier molecular flexibility index (Phi) is 59.6. The number of hydrogen-bond donors (Lipinski definition) is 2. The van der Waals surface area contributed by atoms with E-state index < -0.39 is 18.0 Å². The molecule has 0 bridgehead atoms. The molecule has 0 aromatic carbocycles. The third kappa shape index (κ3) is 55.2. The summed E-state index contributed by atoms with van der Waals surface area (Å²) in [5.41, 5.74) is 0. The summed E-state index contributed by atoms with van der Waals surface area (Å²) in [6.07, 6.45) is 99.0. The molecule has 0 aromatic heterocycles. The van der Waals surface area contributed by atoms with Crippen molar-refractivity contribution < 1.29 is 15.0 Å². The molecular weight excluding hydrogens is 1010 g/mol. The van der Waals surface area contributed by atoms with Gasteiger partial charge in [0.25, 0.3) is 0 Å². The molecule has 0 aliphatic heterocycles. The summed E-state index contributed by atoms with van der Waals surface area (Å²) in [5.74, 6) is 3.01. The lowest BCUT2D eigenvalue weighted by molar-refractivity contribution is -0.146. The number of aliphatic carboxylic acids is 1. The van der Waals surface area contributed by atoms with E-state index in [1.165, 1.54) is 392 Å². The van der Waals surface area contributed by atoms with E-state index >= 15 is 0 Å². The SMILES string of the molecule is CCCCCCCCCCCCCCCCCCCCCCCCCC[C@@H](C(=O)O)[C@H](O)CCCCCCCCCCCCCC1CC1CCCCCCCCCCCCCCC1CC1CCCCCCCCCCCCCCCCCC. The van der Waals surface area contributed by atoms with Gasteiger partial charge >= 0.3 is 5.97 Å². The average Bonchev–Trinajstić information content (AvgIpc) is 4.62. The Bertz CT molecular complexity index is 1260. The van der Waals surface area contributed by atoms with E-state index in [2.05, 4.69) is 13.8 Å². The number of carboxylic acids is 1. The van der Waals surface area contributed by atoms with Gasteiger partial charge in [-0.3, -0.25) is 4.79 Å². The van der Waals surface area contributed by atoms with Gasteiger partial charge in [0.2, 0.25) is 0 Å².